The van der Waals surface area contributed by atoms with Crippen molar-refractivity contribution in [1.29, 1.82) is 5.26 Å². The van der Waals surface area contributed by atoms with E-state index >= 15 is 0 Å². The minimum absolute atomic E-state index is 0.0126. The summed E-state index contributed by atoms with van der Waals surface area (Å²) in [7, 11) is -1.81. The Morgan fingerprint density at radius 1 is 1.00 bits per heavy atom. The Morgan fingerprint density at radius 2 is 1.70 bits per heavy atom. The Bertz CT molecular complexity index is 742. The van der Waals surface area contributed by atoms with Crippen LogP contribution in [-0.4, -0.2) is 26.0 Å². The van der Waals surface area contributed by atoms with E-state index in [1.54, 1.807) is 0 Å². The van der Waals surface area contributed by atoms with Gasteiger partial charge in [0.15, 0.2) is 8.32 Å². The van der Waals surface area contributed by atoms with Crippen molar-refractivity contribution in [2.75, 3.05) is 0 Å². The fourth-order valence-corrected chi connectivity index (χ4v) is 9.88. The Balaban J connectivity index is 1.57. The molecule has 0 radical (unpaired) electrons. The molecule has 0 aromatic carbocycles. The molecule has 0 unspecified atom stereocenters. The van der Waals surface area contributed by atoms with Crippen LogP contribution in [0.5, 0.6) is 0 Å². The van der Waals surface area contributed by atoms with Gasteiger partial charge in [0.25, 0.3) is 0 Å². The van der Waals surface area contributed by atoms with Crippen molar-refractivity contribution in [1.82, 2.24) is 0 Å². The van der Waals surface area contributed by atoms with Gasteiger partial charge in [-0.05, 0) is 107 Å². The van der Waals surface area contributed by atoms with Gasteiger partial charge in [0.2, 0.25) is 0 Å². The number of nitriles is 1. The molecule has 8 atom stereocenters. The van der Waals surface area contributed by atoms with Gasteiger partial charge in [-0.15, -0.1) is 0 Å². The lowest BCUT2D eigenvalue weighted by atomic mass is 9.44. The molecule has 0 aliphatic heterocycles. The molecule has 0 heterocycles. The highest BCUT2D eigenvalue weighted by atomic mass is 28.4. The molecular weight excluding hydrogens is 390 g/mol. The van der Waals surface area contributed by atoms with Crippen LogP contribution in [0.3, 0.4) is 0 Å². The number of nitrogens with zero attached hydrogens (tertiary/aromatic N) is 1. The average Bonchev–Trinajstić information content (AvgIpc) is 2.93. The number of carbonyl (C=O) groups is 1. The lowest BCUT2D eigenvalue weighted by Crippen LogP contribution is -2.58. The molecule has 168 valence electrons. The SMILES string of the molecule is CC(=O)O[C@H]1CC[C@@]2(C)[C@H](CC[C@@H]3[C@@H]2CC[C@@]2(C)[C@H]3CC[C@@]2(C#N)O[Si](C)(C)C)C1. The van der Waals surface area contributed by atoms with Crippen LogP contribution >= 0.6 is 0 Å². The molecule has 4 aliphatic carbocycles. The van der Waals surface area contributed by atoms with Crippen molar-refractivity contribution in [3.05, 3.63) is 0 Å². The molecule has 4 saturated carbocycles. The smallest absolute Gasteiger partial charge is 0.302 e. The van der Waals surface area contributed by atoms with Crippen molar-refractivity contribution < 1.29 is 14.0 Å². The number of hydrogen-bond acceptors (Lipinski definition) is 4. The zero-order valence-corrected chi connectivity index (χ0v) is 20.9. The van der Waals surface area contributed by atoms with Gasteiger partial charge >= 0.3 is 5.97 Å². The molecule has 4 nitrogen and oxygen atoms in total. The lowest BCUT2D eigenvalue weighted by molar-refractivity contribution is -0.163. The molecule has 0 aromatic heterocycles. The molecule has 0 aromatic rings. The first-order valence-electron chi connectivity index (χ1n) is 12.2. The predicted molar refractivity (Wildman–Crippen MR) is 120 cm³/mol. The van der Waals surface area contributed by atoms with Crippen LogP contribution in [0.25, 0.3) is 0 Å². The van der Waals surface area contributed by atoms with Gasteiger partial charge < -0.3 is 9.16 Å². The maximum absolute atomic E-state index is 11.5. The third-order valence-corrected chi connectivity index (χ3v) is 10.7. The number of fused-ring (bicyclic) bond motifs is 5. The monoisotopic (exact) mass is 431 g/mol. The van der Waals surface area contributed by atoms with E-state index in [1.807, 2.05) is 0 Å². The molecule has 0 spiro atoms. The zero-order valence-electron chi connectivity index (χ0n) is 19.9. The van der Waals surface area contributed by atoms with Crippen molar-refractivity contribution in [2.24, 2.45) is 34.5 Å². The molecule has 0 N–H and O–H groups in total. The normalized spacial score (nSPS) is 48.1. The van der Waals surface area contributed by atoms with Crippen LogP contribution in [-0.2, 0) is 14.0 Å². The third-order valence-electron chi connectivity index (χ3n) is 9.73. The Hall–Kier alpha value is -0.863. The van der Waals surface area contributed by atoms with Gasteiger partial charge in [-0.3, -0.25) is 4.79 Å². The largest absolute Gasteiger partial charge is 0.463 e. The maximum Gasteiger partial charge on any atom is 0.302 e. The Morgan fingerprint density at radius 3 is 2.33 bits per heavy atom. The molecule has 4 aliphatic rings. The van der Waals surface area contributed by atoms with Crippen LogP contribution in [0, 0.1) is 45.8 Å². The minimum atomic E-state index is -1.81. The highest BCUT2D eigenvalue weighted by Crippen LogP contribution is 2.69. The summed E-state index contributed by atoms with van der Waals surface area (Å²) >= 11 is 0. The van der Waals surface area contributed by atoms with Gasteiger partial charge in [-0.2, -0.15) is 5.26 Å². The van der Waals surface area contributed by atoms with E-state index in [9.17, 15) is 10.1 Å². The van der Waals surface area contributed by atoms with Crippen LogP contribution in [0.2, 0.25) is 19.6 Å². The number of carbonyl (C=O) groups excluding carboxylic acids is 1. The second-order valence-corrected chi connectivity index (χ2v) is 16.7. The third kappa shape index (κ3) is 3.37. The second kappa shape index (κ2) is 7.34. The van der Waals surface area contributed by atoms with Crippen LogP contribution in [0.15, 0.2) is 0 Å². The van der Waals surface area contributed by atoms with Crippen LogP contribution in [0.4, 0.5) is 0 Å². The van der Waals surface area contributed by atoms with Gasteiger partial charge in [0.1, 0.15) is 11.7 Å². The molecule has 0 saturated heterocycles. The van der Waals surface area contributed by atoms with E-state index in [4.69, 9.17) is 9.16 Å². The summed E-state index contributed by atoms with van der Waals surface area (Å²) < 4.78 is 12.3. The molecule has 4 fully saturated rings. The summed E-state index contributed by atoms with van der Waals surface area (Å²) in [4.78, 5) is 11.5. The topological polar surface area (TPSA) is 59.3 Å². The van der Waals surface area contributed by atoms with Gasteiger partial charge in [0, 0.05) is 12.3 Å². The number of rotatable bonds is 3. The van der Waals surface area contributed by atoms with E-state index < -0.39 is 13.9 Å². The molecule has 5 heteroatoms. The summed E-state index contributed by atoms with van der Waals surface area (Å²) in [6, 6.07) is 2.72. The lowest BCUT2D eigenvalue weighted by Gasteiger charge is -2.61. The fourth-order valence-electron chi connectivity index (χ4n) is 8.46. The second-order valence-electron chi connectivity index (χ2n) is 12.3. The highest BCUT2D eigenvalue weighted by molar-refractivity contribution is 6.69. The first-order valence-corrected chi connectivity index (χ1v) is 15.6. The predicted octanol–water partition coefficient (Wildman–Crippen LogP) is 6.07. The fraction of sp³-hybridized carbons (Fsp3) is 0.920. The first-order chi connectivity index (χ1) is 13.9. The molecular formula is C25H41NO3Si. The Kier molecular flexibility index (Phi) is 5.46. The van der Waals surface area contributed by atoms with E-state index in [0.717, 1.165) is 43.9 Å². The molecule has 4 rings (SSSR count). The zero-order chi connectivity index (χ0) is 21.9. The van der Waals surface area contributed by atoms with Crippen LogP contribution < -0.4 is 0 Å². The average molecular weight is 432 g/mol. The van der Waals surface area contributed by atoms with E-state index in [0.29, 0.717) is 17.3 Å². The number of esters is 1. The highest BCUT2D eigenvalue weighted by Gasteiger charge is 2.66. The number of hydrogen-bond donors (Lipinski definition) is 0. The molecule has 0 bridgehead atoms. The van der Waals surface area contributed by atoms with Gasteiger partial charge in [-0.1, -0.05) is 13.8 Å². The van der Waals surface area contributed by atoms with Crippen molar-refractivity contribution >= 4 is 14.3 Å². The van der Waals surface area contributed by atoms with Crippen molar-refractivity contribution in [2.45, 2.75) is 110 Å². The van der Waals surface area contributed by atoms with E-state index in [2.05, 4.69) is 39.6 Å². The van der Waals surface area contributed by atoms with Crippen LogP contribution in [0.1, 0.15) is 78.6 Å². The summed E-state index contributed by atoms with van der Waals surface area (Å²) in [5.41, 5.74) is -0.238. The standard InChI is InChI=1S/C25H41NO3Si/c1-17(27)28-19-9-12-23(2)18(15-19)7-8-20-21(23)10-13-24(3)22(20)11-14-25(24,16-26)29-30(4,5)6/h18-22H,7-15H2,1-6H3/t18-,19+,20-,21+,22+,23+,24+,25+/m1/s1. The molecule has 0 amide bonds. The van der Waals surface area contributed by atoms with Crippen molar-refractivity contribution in [3.8, 4) is 6.07 Å². The summed E-state index contributed by atoms with van der Waals surface area (Å²) in [5, 5.41) is 10.3. The summed E-state index contributed by atoms with van der Waals surface area (Å²) in [5.74, 6) is 2.61. The minimum Gasteiger partial charge on any atom is -0.463 e. The van der Waals surface area contributed by atoms with Gasteiger partial charge in [-0.25, -0.2) is 0 Å². The Labute approximate surface area is 184 Å². The van der Waals surface area contributed by atoms with E-state index in [1.165, 1.54) is 32.6 Å². The summed E-state index contributed by atoms with van der Waals surface area (Å²) in [6.45, 7) is 13.1. The van der Waals surface area contributed by atoms with E-state index in [-0.39, 0.29) is 17.5 Å². The summed E-state index contributed by atoms with van der Waals surface area (Å²) in [6.07, 6.45) is 10.3. The number of ether oxygens (including phenoxy) is 1. The quantitative estimate of drug-likeness (QED) is 0.402. The first kappa shape index (κ1) is 22.3. The van der Waals surface area contributed by atoms with Crippen molar-refractivity contribution in [3.63, 3.8) is 0 Å². The maximum atomic E-state index is 11.5. The molecule has 30 heavy (non-hydrogen) atoms. The van der Waals surface area contributed by atoms with Gasteiger partial charge in [0.05, 0.1) is 6.07 Å².